The number of fused-ring (bicyclic) bond motifs is 1. The van der Waals surface area contributed by atoms with Crippen LogP contribution in [-0.2, 0) is 14.8 Å². The zero-order chi connectivity index (χ0) is 21.3. The van der Waals surface area contributed by atoms with E-state index in [4.69, 9.17) is 0 Å². The summed E-state index contributed by atoms with van der Waals surface area (Å²) in [6.45, 7) is 8.43. The first-order valence-corrected chi connectivity index (χ1v) is 13.0. The minimum atomic E-state index is -3.48. The lowest BCUT2D eigenvalue weighted by atomic mass is 9.75. The van der Waals surface area contributed by atoms with Crippen LogP contribution in [0.5, 0.6) is 0 Å². The second-order valence-electron chi connectivity index (χ2n) is 9.53. The fourth-order valence-corrected chi connectivity index (χ4v) is 7.25. The average Bonchev–Trinajstić information content (AvgIpc) is 2.75. The molecule has 30 heavy (non-hydrogen) atoms. The van der Waals surface area contributed by atoms with Crippen LogP contribution in [0, 0.1) is 25.7 Å². The summed E-state index contributed by atoms with van der Waals surface area (Å²) in [7, 11) is -3.48. The molecule has 0 aromatic heterocycles. The number of piperazine rings is 1. The van der Waals surface area contributed by atoms with Gasteiger partial charge < -0.3 is 9.80 Å². The largest absolute Gasteiger partial charge is 0.338 e. The van der Waals surface area contributed by atoms with Crippen molar-refractivity contribution in [1.29, 1.82) is 0 Å². The molecule has 3 fully saturated rings. The SMILES string of the molecule is Cc1ccc(C)c(S(=O)(=O)N2CC[NH+](CC(=O)N3CC[C@@H]4CCCC[C@H]4C3)CC2)c1. The van der Waals surface area contributed by atoms with Gasteiger partial charge in [-0.15, -0.1) is 0 Å². The van der Waals surface area contributed by atoms with Crippen molar-refractivity contribution >= 4 is 15.9 Å². The number of piperidine rings is 1. The standard InChI is InChI=1S/C23H35N3O3S/c1-18-7-8-19(2)22(15-18)30(28,29)26-13-11-24(12-14-26)17-23(27)25-10-9-20-5-3-4-6-21(20)16-25/h7-8,15,20-21H,3-6,9-14,16-17H2,1-2H3/p+1/t20-,21-/m0/s1. The Labute approximate surface area is 181 Å². The lowest BCUT2D eigenvalue weighted by Crippen LogP contribution is -3.15. The van der Waals surface area contributed by atoms with Crippen LogP contribution < -0.4 is 4.90 Å². The van der Waals surface area contributed by atoms with Crippen LogP contribution in [0.25, 0.3) is 0 Å². The molecule has 2 saturated heterocycles. The Bertz CT molecular complexity index is 878. The summed E-state index contributed by atoms with van der Waals surface area (Å²) in [5, 5.41) is 0. The highest BCUT2D eigenvalue weighted by Gasteiger charge is 2.36. The molecule has 1 aromatic carbocycles. The van der Waals surface area contributed by atoms with Gasteiger partial charge in [-0.05, 0) is 55.7 Å². The van der Waals surface area contributed by atoms with Crippen molar-refractivity contribution in [2.75, 3.05) is 45.8 Å². The second kappa shape index (κ2) is 8.97. The summed E-state index contributed by atoms with van der Waals surface area (Å²) >= 11 is 0. The Morgan fingerprint density at radius 3 is 2.47 bits per heavy atom. The van der Waals surface area contributed by atoms with Gasteiger partial charge in [0, 0.05) is 13.1 Å². The summed E-state index contributed by atoms with van der Waals surface area (Å²) in [5.74, 6) is 1.78. The number of sulfonamides is 1. The zero-order valence-electron chi connectivity index (χ0n) is 18.4. The van der Waals surface area contributed by atoms with E-state index < -0.39 is 10.0 Å². The number of hydrogen-bond donors (Lipinski definition) is 1. The quantitative estimate of drug-likeness (QED) is 0.775. The Balaban J connectivity index is 1.31. The van der Waals surface area contributed by atoms with E-state index in [1.165, 1.54) is 30.6 Å². The van der Waals surface area contributed by atoms with E-state index >= 15 is 0 Å². The third kappa shape index (κ3) is 4.58. The minimum Gasteiger partial charge on any atom is -0.338 e. The first kappa shape index (κ1) is 21.8. The number of nitrogens with zero attached hydrogens (tertiary/aromatic N) is 2. The Hall–Kier alpha value is -1.44. The second-order valence-corrected chi connectivity index (χ2v) is 11.4. The molecule has 2 aliphatic heterocycles. The maximum atomic E-state index is 13.1. The van der Waals surface area contributed by atoms with Crippen LogP contribution in [-0.4, -0.2) is 69.3 Å². The first-order valence-electron chi connectivity index (χ1n) is 11.5. The molecule has 4 rings (SSSR count). The van der Waals surface area contributed by atoms with Gasteiger partial charge >= 0.3 is 0 Å². The fourth-order valence-electron chi connectivity index (χ4n) is 5.50. The molecule has 6 nitrogen and oxygen atoms in total. The summed E-state index contributed by atoms with van der Waals surface area (Å²) < 4.78 is 27.8. The van der Waals surface area contributed by atoms with E-state index in [2.05, 4.69) is 4.90 Å². The number of rotatable bonds is 4. The van der Waals surface area contributed by atoms with E-state index in [1.807, 2.05) is 26.0 Å². The molecule has 7 heteroatoms. The van der Waals surface area contributed by atoms with Gasteiger partial charge in [0.05, 0.1) is 31.1 Å². The molecule has 1 amide bonds. The predicted octanol–water partition coefficient (Wildman–Crippen LogP) is 1.23. The third-order valence-electron chi connectivity index (χ3n) is 7.44. The van der Waals surface area contributed by atoms with E-state index in [9.17, 15) is 13.2 Å². The third-order valence-corrected chi connectivity index (χ3v) is 9.48. The van der Waals surface area contributed by atoms with Crippen molar-refractivity contribution in [3.05, 3.63) is 29.3 Å². The number of likely N-dealkylation sites (tertiary alicyclic amines) is 1. The Morgan fingerprint density at radius 2 is 1.73 bits per heavy atom. The van der Waals surface area contributed by atoms with Crippen molar-refractivity contribution in [2.24, 2.45) is 11.8 Å². The molecule has 0 spiro atoms. The smallest absolute Gasteiger partial charge is 0.277 e. The highest BCUT2D eigenvalue weighted by atomic mass is 32.2. The van der Waals surface area contributed by atoms with Crippen molar-refractivity contribution in [3.8, 4) is 0 Å². The molecule has 0 bridgehead atoms. The predicted molar refractivity (Wildman–Crippen MR) is 117 cm³/mol. The monoisotopic (exact) mass is 434 g/mol. The average molecular weight is 435 g/mol. The maximum absolute atomic E-state index is 13.1. The van der Waals surface area contributed by atoms with Gasteiger partial charge in [-0.25, -0.2) is 8.42 Å². The zero-order valence-corrected chi connectivity index (χ0v) is 19.2. The molecule has 166 valence electrons. The lowest BCUT2D eigenvalue weighted by molar-refractivity contribution is -0.896. The van der Waals surface area contributed by atoms with Gasteiger partial charge in [-0.2, -0.15) is 4.31 Å². The van der Waals surface area contributed by atoms with E-state index in [1.54, 1.807) is 10.4 Å². The van der Waals surface area contributed by atoms with Crippen LogP contribution in [0.2, 0.25) is 0 Å². The molecule has 2 heterocycles. The maximum Gasteiger partial charge on any atom is 0.277 e. The molecular weight excluding hydrogens is 398 g/mol. The highest BCUT2D eigenvalue weighted by Crippen LogP contribution is 2.35. The van der Waals surface area contributed by atoms with Crippen molar-refractivity contribution in [1.82, 2.24) is 9.21 Å². The number of amides is 1. The van der Waals surface area contributed by atoms with Crippen molar-refractivity contribution in [3.63, 3.8) is 0 Å². The minimum absolute atomic E-state index is 0.250. The van der Waals surface area contributed by atoms with Gasteiger partial charge in [0.2, 0.25) is 10.0 Å². The lowest BCUT2D eigenvalue weighted by Gasteiger charge is -2.41. The molecule has 0 radical (unpaired) electrons. The Morgan fingerprint density at radius 1 is 1.03 bits per heavy atom. The number of carbonyl (C=O) groups excluding carboxylic acids is 1. The van der Waals surface area contributed by atoms with Crippen LogP contribution >= 0.6 is 0 Å². The molecule has 1 aromatic rings. The van der Waals surface area contributed by atoms with Crippen LogP contribution in [0.15, 0.2) is 23.1 Å². The number of benzene rings is 1. The Kier molecular flexibility index (Phi) is 6.51. The van der Waals surface area contributed by atoms with Gasteiger partial charge in [-0.1, -0.05) is 31.4 Å². The van der Waals surface area contributed by atoms with Crippen LogP contribution in [0.1, 0.15) is 43.2 Å². The number of carbonyl (C=O) groups is 1. The fraction of sp³-hybridized carbons (Fsp3) is 0.696. The summed E-state index contributed by atoms with van der Waals surface area (Å²) in [4.78, 5) is 16.6. The summed E-state index contributed by atoms with van der Waals surface area (Å²) in [6.07, 6.45) is 6.44. The first-order chi connectivity index (χ1) is 14.3. The molecule has 1 N–H and O–H groups in total. The number of quaternary nitrogens is 1. The van der Waals surface area contributed by atoms with Crippen molar-refractivity contribution in [2.45, 2.75) is 50.8 Å². The number of hydrogen-bond acceptors (Lipinski definition) is 3. The van der Waals surface area contributed by atoms with Crippen molar-refractivity contribution < 1.29 is 18.1 Å². The van der Waals surface area contributed by atoms with Gasteiger partial charge in [0.1, 0.15) is 0 Å². The van der Waals surface area contributed by atoms with E-state index in [-0.39, 0.29) is 5.91 Å². The topological polar surface area (TPSA) is 62.1 Å². The van der Waals surface area contributed by atoms with Gasteiger partial charge in [0.15, 0.2) is 6.54 Å². The molecule has 3 aliphatic rings. The molecule has 1 aliphatic carbocycles. The molecule has 2 atom stereocenters. The van der Waals surface area contributed by atoms with Crippen LogP contribution in [0.4, 0.5) is 0 Å². The number of nitrogens with one attached hydrogen (secondary N) is 1. The van der Waals surface area contributed by atoms with Gasteiger partial charge in [0.25, 0.3) is 5.91 Å². The molecular formula is C23H36N3O3S+. The highest BCUT2D eigenvalue weighted by molar-refractivity contribution is 7.89. The van der Waals surface area contributed by atoms with Gasteiger partial charge in [-0.3, -0.25) is 4.79 Å². The summed E-state index contributed by atoms with van der Waals surface area (Å²) in [5.41, 5.74) is 1.74. The van der Waals surface area contributed by atoms with Crippen LogP contribution in [0.3, 0.4) is 0 Å². The normalized spacial score (nSPS) is 26.4. The van der Waals surface area contributed by atoms with E-state index in [0.29, 0.717) is 43.5 Å². The number of aryl methyl sites for hydroxylation is 2. The molecule has 1 saturated carbocycles. The van der Waals surface area contributed by atoms with E-state index in [0.717, 1.165) is 36.6 Å². The summed E-state index contributed by atoms with van der Waals surface area (Å²) in [6, 6.07) is 5.58. The molecule has 0 unspecified atom stereocenters.